The van der Waals surface area contributed by atoms with Crippen molar-refractivity contribution >= 4 is 17.3 Å². The number of hydrogen-bond acceptors (Lipinski definition) is 4. The number of benzene rings is 1. The second-order valence-corrected chi connectivity index (χ2v) is 6.57. The minimum Gasteiger partial charge on any atom is -0.370 e. The van der Waals surface area contributed by atoms with E-state index in [-0.39, 0.29) is 35.7 Å². The van der Waals surface area contributed by atoms with Crippen LogP contribution in [0.1, 0.15) is 34.5 Å². The number of piperidine rings is 1. The predicted octanol–water partition coefficient (Wildman–Crippen LogP) is 4.46. The second-order valence-electron chi connectivity index (χ2n) is 6.57. The van der Waals surface area contributed by atoms with Gasteiger partial charge in [-0.15, -0.1) is 0 Å². The molecular weight excluding hydrogens is 395 g/mol. The minimum absolute atomic E-state index is 0.0862. The zero-order valence-corrected chi connectivity index (χ0v) is 14.9. The SMILES string of the molecule is N#Cc1ccc(NC(=O)c2cc(C(F)(F)F)ccc2N2CCC(F)(F)CC2)cn1. The van der Waals surface area contributed by atoms with Crippen LogP contribution in [-0.2, 0) is 6.18 Å². The van der Waals surface area contributed by atoms with E-state index < -0.39 is 36.4 Å². The van der Waals surface area contributed by atoms with Crippen molar-refractivity contribution < 1.29 is 26.7 Å². The third-order valence-corrected chi connectivity index (χ3v) is 4.54. The number of nitriles is 1. The lowest BCUT2D eigenvalue weighted by atomic mass is 10.0. The normalized spacial score (nSPS) is 16.2. The molecule has 0 bridgehead atoms. The van der Waals surface area contributed by atoms with Crippen LogP contribution < -0.4 is 10.2 Å². The van der Waals surface area contributed by atoms with Crippen molar-refractivity contribution in [2.24, 2.45) is 0 Å². The first kappa shape index (κ1) is 20.5. The summed E-state index contributed by atoms with van der Waals surface area (Å²) in [7, 11) is 0. The van der Waals surface area contributed by atoms with Crippen molar-refractivity contribution in [2.75, 3.05) is 23.3 Å². The van der Waals surface area contributed by atoms with Crippen LogP contribution in [0.4, 0.5) is 33.3 Å². The lowest BCUT2D eigenvalue weighted by Crippen LogP contribution is -2.40. The number of rotatable bonds is 3. The largest absolute Gasteiger partial charge is 0.416 e. The highest BCUT2D eigenvalue weighted by Crippen LogP contribution is 2.36. The maximum absolute atomic E-state index is 13.4. The van der Waals surface area contributed by atoms with Gasteiger partial charge in [0.25, 0.3) is 11.8 Å². The Kier molecular flexibility index (Phi) is 5.42. The van der Waals surface area contributed by atoms with E-state index in [4.69, 9.17) is 5.26 Å². The van der Waals surface area contributed by atoms with E-state index in [1.165, 1.54) is 23.2 Å². The van der Waals surface area contributed by atoms with Crippen LogP contribution in [0.25, 0.3) is 0 Å². The van der Waals surface area contributed by atoms with Gasteiger partial charge in [-0.2, -0.15) is 18.4 Å². The van der Waals surface area contributed by atoms with Crippen LogP contribution in [0.15, 0.2) is 36.5 Å². The Morgan fingerprint density at radius 1 is 1.17 bits per heavy atom. The molecular formula is C19H15F5N4O. The molecule has 0 atom stereocenters. The van der Waals surface area contributed by atoms with E-state index in [1.807, 2.05) is 0 Å². The van der Waals surface area contributed by atoms with Crippen molar-refractivity contribution in [2.45, 2.75) is 24.9 Å². The maximum atomic E-state index is 13.4. The number of carbonyl (C=O) groups is 1. The third kappa shape index (κ3) is 4.80. The number of aromatic nitrogens is 1. The maximum Gasteiger partial charge on any atom is 0.416 e. The first-order valence-corrected chi connectivity index (χ1v) is 8.61. The Labute approximate surface area is 162 Å². The topological polar surface area (TPSA) is 69.0 Å². The highest BCUT2D eigenvalue weighted by atomic mass is 19.4. The summed E-state index contributed by atoms with van der Waals surface area (Å²) in [5.41, 5.74) is -0.867. The summed E-state index contributed by atoms with van der Waals surface area (Å²) < 4.78 is 66.3. The van der Waals surface area contributed by atoms with Gasteiger partial charge < -0.3 is 10.2 Å². The summed E-state index contributed by atoms with van der Waals surface area (Å²) in [4.78, 5) is 17.9. The van der Waals surface area contributed by atoms with Crippen LogP contribution in [-0.4, -0.2) is 29.9 Å². The molecule has 0 aliphatic carbocycles. The molecule has 2 aromatic rings. The molecule has 0 radical (unpaired) electrons. The van der Waals surface area contributed by atoms with Gasteiger partial charge in [0.2, 0.25) is 0 Å². The second kappa shape index (κ2) is 7.66. The molecule has 1 aliphatic rings. The van der Waals surface area contributed by atoms with Gasteiger partial charge in [0.15, 0.2) is 0 Å². The molecule has 10 heteroatoms. The summed E-state index contributed by atoms with van der Waals surface area (Å²) in [6, 6.07) is 7.18. The van der Waals surface area contributed by atoms with Gasteiger partial charge >= 0.3 is 6.18 Å². The van der Waals surface area contributed by atoms with Crippen LogP contribution in [0, 0.1) is 11.3 Å². The Balaban J connectivity index is 1.92. The summed E-state index contributed by atoms with van der Waals surface area (Å²) in [5.74, 6) is -3.67. The van der Waals surface area contributed by atoms with Crippen molar-refractivity contribution in [1.82, 2.24) is 4.98 Å². The van der Waals surface area contributed by atoms with E-state index >= 15 is 0 Å². The molecule has 5 nitrogen and oxygen atoms in total. The number of alkyl halides is 5. The average Bonchev–Trinajstić information content (AvgIpc) is 2.67. The number of carbonyl (C=O) groups excluding carboxylic acids is 1. The molecule has 1 saturated heterocycles. The summed E-state index contributed by atoms with van der Waals surface area (Å²) in [5, 5.41) is 11.2. The van der Waals surface area contributed by atoms with Gasteiger partial charge in [0.05, 0.1) is 23.0 Å². The Morgan fingerprint density at radius 3 is 2.41 bits per heavy atom. The molecule has 0 unspecified atom stereocenters. The summed E-state index contributed by atoms with van der Waals surface area (Å²) in [6.07, 6.45) is -4.37. The molecule has 3 rings (SSSR count). The smallest absolute Gasteiger partial charge is 0.370 e. The molecule has 0 saturated carbocycles. The Bertz CT molecular complexity index is 941. The summed E-state index contributed by atoms with van der Waals surface area (Å²) >= 11 is 0. The molecule has 152 valence electrons. The monoisotopic (exact) mass is 410 g/mol. The van der Waals surface area contributed by atoms with E-state index in [0.29, 0.717) is 6.07 Å². The minimum atomic E-state index is -4.67. The third-order valence-electron chi connectivity index (χ3n) is 4.54. The van der Waals surface area contributed by atoms with Crippen molar-refractivity contribution in [3.8, 4) is 6.07 Å². The van der Waals surface area contributed by atoms with Gasteiger partial charge in [-0.25, -0.2) is 13.8 Å². The zero-order valence-electron chi connectivity index (χ0n) is 14.9. The Hall–Kier alpha value is -3.22. The Morgan fingerprint density at radius 2 is 1.86 bits per heavy atom. The quantitative estimate of drug-likeness (QED) is 0.759. The molecule has 1 aliphatic heterocycles. The van der Waals surface area contributed by atoms with Crippen molar-refractivity contribution in [1.29, 1.82) is 5.26 Å². The van der Waals surface area contributed by atoms with Crippen LogP contribution in [0.3, 0.4) is 0 Å². The highest BCUT2D eigenvalue weighted by molar-refractivity contribution is 6.08. The highest BCUT2D eigenvalue weighted by Gasteiger charge is 2.36. The van der Waals surface area contributed by atoms with Gasteiger partial charge in [-0.1, -0.05) is 0 Å². The first-order valence-electron chi connectivity index (χ1n) is 8.61. The number of pyridine rings is 1. The van der Waals surface area contributed by atoms with Crippen LogP contribution in [0.5, 0.6) is 0 Å². The molecule has 29 heavy (non-hydrogen) atoms. The van der Waals surface area contributed by atoms with E-state index in [2.05, 4.69) is 10.3 Å². The average molecular weight is 410 g/mol. The molecule has 1 N–H and O–H groups in total. The van der Waals surface area contributed by atoms with Gasteiger partial charge in [-0.3, -0.25) is 4.79 Å². The molecule has 1 fully saturated rings. The fraction of sp³-hybridized carbons (Fsp3) is 0.316. The fourth-order valence-corrected chi connectivity index (χ4v) is 2.98. The number of hydrogen-bond donors (Lipinski definition) is 1. The van der Waals surface area contributed by atoms with Gasteiger partial charge in [0.1, 0.15) is 11.8 Å². The summed E-state index contributed by atoms with van der Waals surface area (Å²) in [6.45, 7) is -0.172. The number of halogens is 5. The molecule has 2 heterocycles. The van der Waals surface area contributed by atoms with E-state index in [9.17, 15) is 26.7 Å². The standard InChI is InChI=1S/C19H15F5N4O/c20-18(21)5-7-28(8-6-18)16-4-1-12(19(22,23)24)9-15(16)17(29)27-14-3-2-13(10-25)26-11-14/h1-4,9,11H,5-8H2,(H,27,29). The molecule has 1 amide bonds. The lowest BCUT2D eigenvalue weighted by Gasteiger charge is -2.34. The predicted molar refractivity (Wildman–Crippen MR) is 94.7 cm³/mol. The van der Waals surface area contributed by atoms with Gasteiger partial charge in [-0.05, 0) is 30.3 Å². The fourth-order valence-electron chi connectivity index (χ4n) is 2.98. The first-order chi connectivity index (χ1) is 13.6. The number of amides is 1. The molecule has 0 spiro atoms. The number of anilines is 2. The van der Waals surface area contributed by atoms with Gasteiger partial charge in [0, 0.05) is 31.6 Å². The number of nitrogens with zero attached hydrogens (tertiary/aromatic N) is 3. The van der Waals surface area contributed by atoms with Crippen molar-refractivity contribution in [3.63, 3.8) is 0 Å². The van der Waals surface area contributed by atoms with E-state index in [0.717, 1.165) is 12.1 Å². The lowest BCUT2D eigenvalue weighted by molar-refractivity contribution is -0.137. The van der Waals surface area contributed by atoms with Crippen LogP contribution in [0.2, 0.25) is 0 Å². The number of nitrogens with one attached hydrogen (secondary N) is 1. The van der Waals surface area contributed by atoms with E-state index in [1.54, 1.807) is 6.07 Å². The molecule has 1 aromatic carbocycles. The zero-order chi connectivity index (χ0) is 21.2. The van der Waals surface area contributed by atoms with Crippen LogP contribution >= 0.6 is 0 Å². The molecule has 1 aromatic heterocycles. The van der Waals surface area contributed by atoms with Crippen molar-refractivity contribution in [3.05, 3.63) is 53.3 Å².